The number of hydrogen-bond donors (Lipinski definition) is 1. The first-order chi connectivity index (χ1) is 6.15. The van der Waals surface area contributed by atoms with Crippen molar-refractivity contribution in [2.75, 3.05) is 25.9 Å². The van der Waals surface area contributed by atoms with Gasteiger partial charge in [-0.2, -0.15) is 0 Å². The first kappa shape index (κ1) is 10.3. The average Bonchev–Trinajstić information content (AvgIpc) is 2.08. The zero-order valence-corrected chi connectivity index (χ0v) is 8.64. The van der Waals surface area contributed by atoms with Crippen LogP contribution in [0.4, 0.5) is 10.1 Å². The molecular weight excluding hydrogens is 188 g/mol. The number of nitrogen functional groups attached to an aromatic ring is 1. The molecule has 2 N–H and O–H groups in total. The van der Waals surface area contributed by atoms with E-state index in [9.17, 15) is 4.39 Å². The fraction of sp³-hybridized carbons (Fsp3) is 0.333. The van der Waals surface area contributed by atoms with Gasteiger partial charge in [-0.15, -0.1) is 0 Å². The van der Waals surface area contributed by atoms with Gasteiger partial charge < -0.3 is 10.5 Å². The summed E-state index contributed by atoms with van der Waals surface area (Å²) in [6.07, 6.45) is 0. The molecule has 2 nitrogen and oxygen atoms in total. The molecule has 0 saturated carbocycles. The van der Waals surface area contributed by atoms with Crippen molar-refractivity contribution in [3.63, 3.8) is 0 Å². The zero-order valence-electron chi connectivity index (χ0n) is 7.75. The van der Waals surface area contributed by atoms with Gasteiger partial charge >= 0.3 is 0 Å². The highest BCUT2D eigenvalue weighted by atomic mass is 31.1. The maximum Gasteiger partial charge on any atom is 0.228 e. The van der Waals surface area contributed by atoms with E-state index in [2.05, 4.69) is 13.3 Å². The molecule has 1 rings (SSSR count). The van der Waals surface area contributed by atoms with E-state index in [0.717, 1.165) is 5.30 Å². The lowest BCUT2D eigenvalue weighted by Crippen LogP contribution is -2.03. The van der Waals surface area contributed by atoms with Crippen molar-refractivity contribution in [1.29, 1.82) is 0 Å². The van der Waals surface area contributed by atoms with Crippen LogP contribution in [0.3, 0.4) is 0 Å². The molecule has 0 heterocycles. The van der Waals surface area contributed by atoms with E-state index in [1.807, 2.05) is 6.07 Å². The second-order valence-corrected chi connectivity index (χ2v) is 5.18. The highest BCUT2D eigenvalue weighted by molar-refractivity contribution is 7.64. The van der Waals surface area contributed by atoms with Gasteiger partial charge in [-0.25, -0.2) is 4.39 Å². The second kappa shape index (κ2) is 4.43. The Labute approximate surface area is 78.6 Å². The molecule has 72 valence electrons. The van der Waals surface area contributed by atoms with Gasteiger partial charge in [0.15, 0.2) is 0 Å². The first-order valence-corrected chi connectivity index (χ1v) is 6.14. The molecule has 0 aliphatic rings. The van der Waals surface area contributed by atoms with Crippen LogP contribution in [0.25, 0.3) is 0 Å². The molecule has 0 aliphatic carbocycles. The summed E-state index contributed by atoms with van der Waals surface area (Å²) >= 11 is 0. The Hall–Kier alpha value is -0.820. The minimum atomic E-state index is -0.834. The number of nitrogens with two attached hydrogens (primary N) is 1. The molecule has 0 amide bonds. The molecule has 0 unspecified atom stereocenters. The molecule has 0 aliphatic heterocycles. The van der Waals surface area contributed by atoms with E-state index in [4.69, 9.17) is 10.5 Å². The van der Waals surface area contributed by atoms with Gasteiger partial charge in [-0.05, 0) is 30.8 Å². The quantitative estimate of drug-likeness (QED) is 0.599. The lowest BCUT2D eigenvalue weighted by atomic mass is 10.3. The lowest BCUT2D eigenvalue weighted by Gasteiger charge is -2.10. The molecule has 0 spiro atoms. The van der Waals surface area contributed by atoms with Crippen molar-refractivity contribution in [3.8, 4) is 5.75 Å². The van der Waals surface area contributed by atoms with Crippen molar-refractivity contribution in [2.24, 2.45) is 0 Å². The Morgan fingerprint density at radius 1 is 1.46 bits per heavy atom. The molecule has 13 heavy (non-hydrogen) atoms. The third kappa shape index (κ3) is 2.56. The number of alkyl halides is 1. The number of ether oxygens (including phenoxy) is 1. The lowest BCUT2D eigenvalue weighted by molar-refractivity contribution is 0.193. The van der Waals surface area contributed by atoms with Gasteiger partial charge in [0.2, 0.25) is 6.86 Å². The average molecular weight is 201 g/mol. The van der Waals surface area contributed by atoms with Crippen LogP contribution in [0.2, 0.25) is 0 Å². The molecule has 0 fully saturated rings. The molecule has 0 bridgehead atoms. The molecule has 0 radical (unpaired) electrons. The van der Waals surface area contributed by atoms with Crippen molar-refractivity contribution < 1.29 is 9.13 Å². The number of anilines is 1. The summed E-state index contributed by atoms with van der Waals surface area (Å²) in [6, 6.07) is 5.51. The Morgan fingerprint density at radius 2 is 2.15 bits per heavy atom. The summed E-state index contributed by atoms with van der Waals surface area (Å²) in [5, 5.41) is 1.16. The molecular formula is C9H13FNOP. The van der Waals surface area contributed by atoms with E-state index >= 15 is 0 Å². The first-order valence-electron chi connectivity index (χ1n) is 3.90. The summed E-state index contributed by atoms with van der Waals surface area (Å²) in [6.45, 7) is 3.42. The van der Waals surface area contributed by atoms with Gasteiger partial charge in [0, 0.05) is 0 Å². The summed E-state index contributed by atoms with van der Waals surface area (Å²) in [5.41, 5.74) is 6.08. The molecule has 4 heteroatoms. The van der Waals surface area contributed by atoms with Gasteiger partial charge in [0.1, 0.15) is 5.75 Å². The molecule has 1 aromatic rings. The molecule has 0 aromatic heterocycles. The third-order valence-electron chi connectivity index (χ3n) is 1.72. The Morgan fingerprint density at radius 3 is 2.69 bits per heavy atom. The second-order valence-electron chi connectivity index (χ2n) is 2.87. The molecule has 0 saturated heterocycles. The number of hydrogen-bond acceptors (Lipinski definition) is 2. The highest BCUT2D eigenvalue weighted by Crippen LogP contribution is 2.28. The summed E-state index contributed by atoms with van der Waals surface area (Å²) in [4.78, 5) is 0. The minimum absolute atomic E-state index is 0.193. The third-order valence-corrected chi connectivity index (χ3v) is 3.03. The SMILES string of the molecule is CP(C)c1ccc(N)c(OCF)c1. The van der Waals surface area contributed by atoms with Gasteiger partial charge in [-0.1, -0.05) is 14.0 Å². The number of benzene rings is 1. The van der Waals surface area contributed by atoms with Crippen LogP contribution >= 0.6 is 7.92 Å². The Bertz CT molecular complexity index is 291. The zero-order chi connectivity index (χ0) is 9.84. The maximum atomic E-state index is 11.9. The van der Waals surface area contributed by atoms with E-state index in [1.54, 1.807) is 12.1 Å². The van der Waals surface area contributed by atoms with Crippen LogP contribution < -0.4 is 15.8 Å². The molecule has 1 aromatic carbocycles. The van der Waals surface area contributed by atoms with Crippen molar-refractivity contribution in [1.82, 2.24) is 0 Å². The number of halogens is 1. The predicted octanol–water partition coefficient (Wildman–Crippen LogP) is 1.94. The van der Waals surface area contributed by atoms with Crippen LogP contribution in [0.1, 0.15) is 0 Å². The van der Waals surface area contributed by atoms with E-state index in [-0.39, 0.29) is 7.92 Å². The van der Waals surface area contributed by atoms with Gasteiger partial charge in [0.25, 0.3) is 0 Å². The monoisotopic (exact) mass is 201 g/mol. The van der Waals surface area contributed by atoms with E-state index in [0.29, 0.717) is 11.4 Å². The van der Waals surface area contributed by atoms with Crippen molar-refractivity contribution in [2.45, 2.75) is 0 Å². The molecule has 0 atom stereocenters. The Balaban J connectivity index is 2.97. The topological polar surface area (TPSA) is 35.2 Å². The smallest absolute Gasteiger partial charge is 0.228 e. The normalized spacial score (nSPS) is 10.5. The summed E-state index contributed by atoms with van der Waals surface area (Å²) in [5.74, 6) is 0.441. The van der Waals surface area contributed by atoms with Crippen molar-refractivity contribution >= 4 is 18.9 Å². The van der Waals surface area contributed by atoms with Gasteiger partial charge in [-0.3, -0.25) is 0 Å². The van der Waals surface area contributed by atoms with Crippen LogP contribution in [0.15, 0.2) is 18.2 Å². The van der Waals surface area contributed by atoms with Crippen molar-refractivity contribution in [3.05, 3.63) is 18.2 Å². The standard InChI is InChI=1S/C9H13FNOP/c1-13(2)7-3-4-8(11)9(5-7)12-6-10/h3-5H,6,11H2,1-2H3. The fourth-order valence-corrected chi connectivity index (χ4v) is 1.73. The highest BCUT2D eigenvalue weighted by Gasteiger charge is 2.04. The van der Waals surface area contributed by atoms with Crippen LogP contribution in [0, 0.1) is 0 Å². The Kier molecular flexibility index (Phi) is 3.49. The van der Waals surface area contributed by atoms with Crippen LogP contribution in [-0.4, -0.2) is 20.2 Å². The van der Waals surface area contributed by atoms with Gasteiger partial charge in [0.05, 0.1) is 5.69 Å². The fourth-order valence-electron chi connectivity index (χ4n) is 0.985. The summed E-state index contributed by atoms with van der Waals surface area (Å²) in [7, 11) is -0.193. The van der Waals surface area contributed by atoms with E-state index < -0.39 is 6.86 Å². The minimum Gasteiger partial charge on any atom is -0.461 e. The van der Waals surface area contributed by atoms with E-state index in [1.165, 1.54) is 0 Å². The van der Waals surface area contributed by atoms with Crippen LogP contribution in [0.5, 0.6) is 5.75 Å². The largest absolute Gasteiger partial charge is 0.461 e. The van der Waals surface area contributed by atoms with Crippen LogP contribution in [-0.2, 0) is 0 Å². The maximum absolute atomic E-state index is 11.9. The summed E-state index contributed by atoms with van der Waals surface area (Å²) < 4.78 is 16.7. The predicted molar refractivity (Wildman–Crippen MR) is 55.9 cm³/mol. The number of rotatable bonds is 3.